The number of aromatic nitrogens is 4. The molecule has 0 unspecified atom stereocenters. The second-order valence-electron chi connectivity index (χ2n) is 11.2. The maximum absolute atomic E-state index is 11.5. The highest BCUT2D eigenvalue weighted by Gasteiger charge is 2.22. The quantitative estimate of drug-likeness (QED) is 0.180. The third-order valence-electron chi connectivity index (χ3n) is 8.28. The molecule has 10 nitrogen and oxygen atoms in total. The molecule has 0 bridgehead atoms. The van der Waals surface area contributed by atoms with Gasteiger partial charge in [0.05, 0.1) is 48.0 Å². The summed E-state index contributed by atoms with van der Waals surface area (Å²) in [6.07, 6.45) is 8.43. The minimum atomic E-state index is 0.0886. The molecule has 2 fully saturated rings. The van der Waals surface area contributed by atoms with E-state index in [4.69, 9.17) is 42.6 Å². The number of rotatable bonds is 12. The summed E-state index contributed by atoms with van der Waals surface area (Å²) < 4.78 is 11.2. The van der Waals surface area contributed by atoms with Gasteiger partial charge < -0.3 is 25.4 Å². The molecule has 1 aliphatic carbocycles. The van der Waals surface area contributed by atoms with Crippen LogP contribution in [0.2, 0.25) is 10.0 Å². The van der Waals surface area contributed by atoms with Crippen molar-refractivity contribution in [1.82, 2.24) is 35.9 Å². The first kappa shape index (κ1) is 31.2. The fourth-order valence-corrected chi connectivity index (χ4v) is 6.20. The molecule has 45 heavy (non-hydrogen) atoms. The first-order valence-corrected chi connectivity index (χ1v) is 15.8. The van der Waals surface area contributed by atoms with Crippen LogP contribution in [0, 0.1) is 0 Å². The van der Waals surface area contributed by atoms with Crippen LogP contribution in [0.5, 0.6) is 11.8 Å². The molecule has 234 valence electrons. The number of halogens is 2. The Labute approximate surface area is 272 Å². The molecule has 2 aliphatic rings. The van der Waals surface area contributed by atoms with Crippen molar-refractivity contribution in [3.63, 3.8) is 0 Å². The molecule has 4 aromatic rings. The Bertz CT molecular complexity index is 1700. The second kappa shape index (κ2) is 14.1. The number of nitrogens with zero attached hydrogens (tertiary/aromatic N) is 4. The van der Waals surface area contributed by atoms with E-state index in [1.165, 1.54) is 19.3 Å². The van der Waals surface area contributed by atoms with Gasteiger partial charge in [0.2, 0.25) is 17.7 Å². The van der Waals surface area contributed by atoms with Crippen LogP contribution in [0.1, 0.15) is 43.5 Å². The maximum atomic E-state index is 11.5. The lowest BCUT2D eigenvalue weighted by Gasteiger charge is -2.26. The van der Waals surface area contributed by atoms with E-state index in [1.54, 1.807) is 26.6 Å². The summed E-state index contributed by atoms with van der Waals surface area (Å²) in [6, 6.07) is 12.1. The van der Waals surface area contributed by atoms with Gasteiger partial charge in [-0.2, -0.15) is 0 Å². The van der Waals surface area contributed by atoms with Crippen LogP contribution in [0.4, 0.5) is 0 Å². The second-order valence-corrected chi connectivity index (χ2v) is 12.0. The van der Waals surface area contributed by atoms with Crippen LogP contribution in [0.3, 0.4) is 0 Å². The number of carbonyl (C=O) groups excluding carboxylic acids is 1. The monoisotopic (exact) mass is 647 g/mol. The van der Waals surface area contributed by atoms with E-state index in [0.29, 0.717) is 76.5 Å². The number of amides is 1. The molecule has 0 spiro atoms. The molecular formula is C33H35Cl2N7O3. The molecule has 6 rings (SSSR count). The van der Waals surface area contributed by atoms with Crippen LogP contribution in [0.15, 0.2) is 48.8 Å². The third-order valence-corrected chi connectivity index (χ3v) is 9.10. The summed E-state index contributed by atoms with van der Waals surface area (Å²) in [5, 5.41) is 10.8. The molecule has 3 N–H and O–H groups in total. The van der Waals surface area contributed by atoms with E-state index in [2.05, 4.69) is 25.9 Å². The van der Waals surface area contributed by atoms with Gasteiger partial charge in [-0.15, -0.1) is 0 Å². The van der Waals surface area contributed by atoms with Gasteiger partial charge in [0.25, 0.3) is 0 Å². The first-order chi connectivity index (χ1) is 21.9. The Kier molecular flexibility index (Phi) is 9.75. The number of nitrogens with one attached hydrogen (secondary N) is 3. The molecule has 0 radical (unpaired) electrons. The minimum Gasteiger partial charge on any atom is -0.480 e. The lowest BCUT2D eigenvalue weighted by molar-refractivity contribution is -0.119. The molecule has 1 atom stereocenters. The first-order valence-electron chi connectivity index (χ1n) is 15.1. The number of methoxy groups -OCH3 is 2. The molecule has 1 saturated carbocycles. The average Bonchev–Trinajstić information content (AvgIpc) is 3.45. The van der Waals surface area contributed by atoms with Gasteiger partial charge >= 0.3 is 0 Å². The van der Waals surface area contributed by atoms with Crippen molar-refractivity contribution in [2.45, 2.75) is 57.3 Å². The molecule has 1 amide bonds. The summed E-state index contributed by atoms with van der Waals surface area (Å²) in [5.41, 5.74) is 5.50. The molecule has 1 saturated heterocycles. The van der Waals surface area contributed by atoms with E-state index in [1.807, 2.05) is 36.4 Å². The van der Waals surface area contributed by atoms with E-state index in [-0.39, 0.29) is 11.9 Å². The van der Waals surface area contributed by atoms with Crippen molar-refractivity contribution < 1.29 is 14.3 Å². The summed E-state index contributed by atoms with van der Waals surface area (Å²) in [5.74, 6) is 0.957. The fourth-order valence-electron chi connectivity index (χ4n) is 5.55. The highest BCUT2D eigenvalue weighted by molar-refractivity contribution is 6.39. The van der Waals surface area contributed by atoms with Crippen molar-refractivity contribution in [2.24, 2.45) is 0 Å². The zero-order valence-corrected chi connectivity index (χ0v) is 26.7. The van der Waals surface area contributed by atoms with Crippen molar-refractivity contribution >= 4 is 29.1 Å². The lowest BCUT2D eigenvalue weighted by Crippen LogP contribution is -2.35. The van der Waals surface area contributed by atoms with E-state index in [0.717, 1.165) is 28.8 Å². The van der Waals surface area contributed by atoms with Gasteiger partial charge in [-0.1, -0.05) is 66.0 Å². The van der Waals surface area contributed by atoms with Crippen LogP contribution in [-0.4, -0.2) is 58.7 Å². The number of benzene rings is 2. The summed E-state index contributed by atoms with van der Waals surface area (Å²) in [7, 11) is 3.16. The van der Waals surface area contributed by atoms with Gasteiger partial charge in [-0.05, 0) is 19.3 Å². The highest BCUT2D eigenvalue weighted by atomic mass is 35.5. The molecule has 2 aromatic carbocycles. The van der Waals surface area contributed by atoms with Gasteiger partial charge in [-0.25, -0.2) is 9.97 Å². The number of hydrogen-bond donors (Lipinski definition) is 3. The van der Waals surface area contributed by atoms with Crippen molar-refractivity contribution in [1.29, 1.82) is 0 Å². The average molecular weight is 649 g/mol. The zero-order valence-electron chi connectivity index (χ0n) is 25.2. The van der Waals surface area contributed by atoms with Gasteiger partial charge in [0, 0.05) is 60.4 Å². The smallest absolute Gasteiger partial charge is 0.237 e. The predicted octanol–water partition coefficient (Wildman–Crippen LogP) is 5.60. The van der Waals surface area contributed by atoms with Crippen molar-refractivity contribution in [3.8, 4) is 45.4 Å². The van der Waals surface area contributed by atoms with Crippen LogP contribution < -0.4 is 25.4 Å². The standard InChI is InChI=1S/C33H35Cl2N7O3/c1-44-32-27(15-36-14-20-12-13-29(43)40-20)38-16-25(41-32)23-10-4-8-21(30(23)34)22-9-5-11-24(31(22)35)26-17-39-28(33(42-26)45-2)18-37-19-6-3-7-19/h4-5,8-11,16-17,19-20,36-37H,3,6-7,12-15,18H2,1-2H3,(H,40,43)/t20-/m0/s1. The topological polar surface area (TPSA) is 123 Å². The minimum absolute atomic E-state index is 0.0886. The molecular weight excluding hydrogens is 613 g/mol. The fraction of sp³-hybridized carbons (Fsp3) is 0.364. The zero-order chi connectivity index (χ0) is 31.3. The molecule has 1 aliphatic heterocycles. The Hall–Kier alpha value is -3.83. The number of hydrogen-bond acceptors (Lipinski definition) is 9. The van der Waals surface area contributed by atoms with E-state index >= 15 is 0 Å². The SMILES string of the molecule is COc1nc(-c2cccc(-c3cccc(-c4cnc(CNC5CCC5)c(OC)n4)c3Cl)c2Cl)cnc1CNC[C@@H]1CCC(=O)N1. The summed E-state index contributed by atoms with van der Waals surface area (Å²) >= 11 is 14.1. The van der Waals surface area contributed by atoms with Crippen LogP contribution in [0.25, 0.3) is 33.6 Å². The van der Waals surface area contributed by atoms with Crippen molar-refractivity contribution in [3.05, 3.63) is 70.2 Å². The third kappa shape index (κ3) is 6.89. The summed E-state index contributed by atoms with van der Waals surface area (Å²) in [4.78, 5) is 30.2. The normalized spacial score (nSPS) is 16.4. The van der Waals surface area contributed by atoms with Gasteiger partial charge in [0.1, 0.15) is 11.4 Å². The largest absolute Gasteiger partial charge is 0.480 e. The number of ether oxygens (including phenoxy) is 2. The van der Waals surface area contributed by atoms with Crippen molar-refractivity contribution in [2.75, 3.05) is 20.8 Å². The highest BCUT2D eigenvalue weighted by Crippen LogP contribution is 2.42. The van der Waals surface area contributed by atoms with E-state index in [9.17, 15) is 4.79 Å². The van der Waals surface area contributed by atoms with Crippen LogP contribution >= 0.6 is 23.2 Å². The van der Waals surface area contributed by atoms with Crippen LogP contribution in [-0.2, 0) is 17.9 Å². The Morgan fingerprint density at radius 3 is 1.87 bits per heavy atom. The number of carbonyl (C=O) groups is 1. The summed E-state index contributed by atoms with van der Waals surface area (Å²) in [6.45, 7) is 1.69. The molecule has 12 heteroatoms. The van der Waals surface area contributed by atoms with E-state index < -0.39 is 0 Å². The Morgan fingerprint density at radius 2 is 1.38 bits per heavy atom. The maximum Gasteiger partial charge on any atom is 0.237 e. The van der Waals surface area contributed by atoms with Gasteiger partial charge in [0.15, 0.2) is 0 Å². The molecule has 2 aromatic heterocycles. The predicted molar refractivity (Wildman–Crippen MR) is 174 cm³/mol. The lowest BCUT2D eigenvalue weighted by atomic mass is 9.93. The Morgan fingerprint density at radius 1 is 0.822 bits per heavy atom. The van der Waals surface area contributed by atoms with Gasteiger partial charge in [-0.3, -0.25) is 14.8 Å². The molecule has 3 heterocycles. The Balaban J connectivity index is 1.24.